The number of amides is 1. The third kappa shape index (κ3) is 6.14. The van der Waals surface area contributed by atoms with Gasteiger partial charge in [-0.05, 0) is 53.0 Å². The van der Waals surface area contributed by atoms with E-state index in [1.165, 1.54) is 0 Å². The Labute approximate surface area is 138 Å². The smallest absolute Gasteiger partial charge is 0.410 e. The van der Waals surface area contributed by atoms with Crippen LogP contribution in [0.25, 0.3) is 0 Å². The predicted octanol–water partition coefficient (Wildman–Crippen LogP) is 2.52. The van der Waals surface area contributed by atoms with Crippen LogP contribution in [0.3, 0.4) is 0 Å². The molecule has 128 valence electrons. The predicted molar refractivity (Wildman–Crippen MR) is 89.0 cm³/mol. The molecule has 1 amide bonds. The number of aromatic nitrogens is 2. The van der Waals surface area contributed by atoms with Gasteiger partial charge in [-0.25, -0.2) is 4.79 Å². The molecule has 0 aromatic carbocycles. The number of hydrogen-bond acceptors (Lipinski definition) is 5. The Hall–Kier alpha value is -1.69. The van der Waals surface area contributed by atoms with Crippen molar-refractivity contribution in [2.24, 2.45) is 5.92 Å². The highest BCUT2D eigenvalue weighted by Crippen LogP contribution is 2.19. The molecule has 6 nitrogen and oxygen atoms in total. The Morgan fingerprint density at radius 1 is 1.30 bits per heavy atom. The van der Waals surface area contributed by atoms with Crippen LogP contribution in [0.4, 0.5) is 4.79 Å². The van der Waals surface area contributed by atoms with Gasteiger partial charge in [-0.15, -0.1) is 0 Å². The number of carbonyl (C=O) groups is 1. The average Bonchev–Trinajstić information content (AvgIpc) is 2.48. The van der Waals surface area contributed by atoms with Crippen LogP contribution in [0.1, 0.15) is 45.0 Å². The van der Waals surface area contributed by atoms with E-state index in [4.69, 9.17) is 4.74 Å². The lowest BCUT2D eigenvalue weighted by Gasteiger charge is -2.33. The fraction of sp³-hybridized carbons (Fsp3) is 0.706. The lowest BCUT2D eigenvalue weighted by atomic mass is 9.97. The molecule has 2 heterocycles. The first-order valence-corrected chi connectivity index (χ1v) is 8.29. The molecule has 2 rings (SSSR count). The van der Waals surface area contributed by atoms with Crippen LogP contribution in [-0.2, 0) is 11.3 Å². The van der Waals surface area contributed by atoms with E-state index in [1.54, 1.807) is 6.20 Å². The first-order chi connectivity index (χ1) is 10.8. The molecule has 1 N–H and O–H groups in total. The molecule has 1 aliphatic rings. The largest absolute Gasteiger partial charge is 0.444 e. The van der Waals surface area contributed by atoms with Gasteiger partial charge in [0, 0.05) is 32.0 Å². The van der Waals surface area contributed by atoms with Crippen LogP contribution < -0.4 is 5.32 Å². The lowest BCUT2D eigenvalue weighted by molar-refractivity contribution is 0.0184. The Morgan fingerprint density at radius 2 is 2.00 bits per heavy atom. The third-order valence-corrected chi connectivity index (χ3v) is 3.84. The molecule has 1 aliphatic heterocycles. The standard InChI is InChI=1S/C17H28N4O2/c1-13-9-20-15(12-19-13)11-18-10-14-5-7-21(8-6-14)16(22)23-17(2,3)4/h9,12,14,18H,5-8,10-11H2,1-4H3. The second-order valence-electron chi connectivity index (χ2n) is 7.19. The number of piperidine rings is 1. The Kier molecular flexibility index (Phi) is 5.93. The van der Waals surface area contributed by atoms with Crippen LogP contribution in [0.5, 0.6) is 0 Å². The number of rotatable bonds is 4. The molecular formula is C17H28N4O2. The Balaban J connectivity index is 1.66. The zero-order chi connectivity index (χ0) is 16.9. The van der Waals surface area contributed by atoms with Gasteiger partial charge >= 0.3 is 6.09 Å². The molecule has 1 fully saturated rings. The highest BCUT2D eigenvalue weighted by molar-refractivity contribution is 5.68. The fourth-order valence-corrected chi connectivity index (χ4v) is 2.56. The zero-order valence-electron chi connectivity index (χ0n) is 14.6. The van der Waals surface area contributed by atoms with Gasteiger partial charge in [0.1, 0.15) is 5.60 Å². The molecule has 1 aromatic heterocycles. The van der Waals surface area contributed by atoms with E-state index in [9.17, 15) is 4.79 Å². The van der Waals surface area contributed by atoms with Crippen molar-refractivity contribution in [2.45, 2.75) is 52.7 Å². The van der Waals surface area contributed by atoms with Crippen molar-refractivity contribution < 1.29 is 9.53 Å². The number of likely N-dealkylation sites (tertiary alicyclic amines) is 1. The minimum absolute atomic E-state index is 0.196. The van der Waals surface area contributed by atoms with Gasteiger partial charge < -0.3 is 15.0 Å². The van der Waals surface area contributed by atoms with Crippen molar-refractivity contribution >= 4 is 6.09 Å². The summed E-state index contributed by atoms with van der Waals surface area (Å²) >= 11 is 0. The van der Waals surface area contributed by atoms with Crippen LogP contribution in [-0.4, -0.2) is 46.2 Å². The van der Waals surface area contributed by atoms with E-state index < -0.39 is 5.60 Å². The molecule has 0 atom stereocenters. The number of nitrogens with one attached hydrogen (secondary N) is 1. The molecule has 1 aromatic rings. The number of ether oxygens (including phenoxy) is 1. The molecule has 0 unspecified atom stereocenters. The number of nitrogens with zero attached hydrogens (tertiary/aromatic N) is 3. The van der Waals surface area contributed by atoms with Gasteiger partial charge in [0.2, 0.25) is 0 Å². The highest BCUT2D eigenvalue weighted by atomic mass is 16.6. The second-order valence-corrected chi connectivity index (χ2v) is 7.19. The van der Waals surface area contributed by atoms with Crippen molar-refractivity contribution in [3.8, 4) is 0 Å². The van der Waals surface area contributed by atoms with E-state index in [0.29, 0.717) is 5.92 Å². The molecule has 1 saturated heterocycles. The van der Waals surface area contributed by atoms with E-state index in [-0.39, 0.29) is 6.09 Å². The molecule has 0 bridgehead atoms. The monoisotopic (exact) mass is 320 g/mol. The van der Waals surface area contributed by atoms with Crippen LogP contribution >= 0.6 is 0 Å². The molecule has 0 aliphatic carbocycles. The van der Waals surface area contributed by atoms with Crippen LogP contribution in [0.2, 0.25) is 0 Å². The summed E-state index contributed by atoms with van der Waals surface area (Å²) in [5, 5.41) is 3.44. The fourth-order valence-electron chi connectivity index (χ4n) is 2.56. The van der Waals surface area contributed by atoms with E-state index in [1.807, 2.05) is 38.8 Å². The Bertz CT molecular complexity index is 502. The summed E-state index contributed by atoms with van der Waals surface area (Å²) in [5.74, 6) is 0.590. The normalized spacial score (nSPS) is 16.4. The average molecular weight is 320 g/mol. The molecule has 0 saturated carbocycles. The van der Waals surface area contributed by atoms with E-state index in [0.717, 1.165) is 50.4 Å². The summed E-state index contributed by atoms with van der Waals surface area (Å²) in [7, 11) is 0. The van der Waals surface area contributed by atoms with Gasteiger partial charge in [-0.2, -0.15) is 0 Å². The first-order valence-electron chi connectivity index (χ1n) is 8.29. The highest BCUT2D eigenvalue weighted by Gasteiger charge is 2.26. The quantitative estimate of drug-likeness (QED) is 0.923. The molecule has 23 heavy (non-hydrogen) atoms. The molecule has 0 spiro atoms. The van der Waals surface area contributed by atoms with Gasteiger partial charge in [0.05, 0.1) is 11.4 Å². The topological polar surface area (TPSA) is 67.4 Å². The SMILES string of the molecule is Cc1cnc(CNCC2CCN(C(=O)OC(C)(C)C)CC2)cn1. The maximum absolute atomic E-state index is 12.0. The number of aryl methyl sites for hydroxylation is 1. The summed E-state index contributed by atoms with van der Waals surface area (Å²) in [6.45, 7) is 10.8. The van der Waals surface area contributed by atoms with Crippen molar-refractivity contribution in [2.75, 3.05) is 19.6 Å². The van der Waals surface area contributed by atoms with Crippen LogP contribution in [0.15, 0.2) is 12.4 Å². The number of carbonyl (C=O) groups excluding carboxylic acids is 1. The third-order valence-electron chi connectivity index (χ3n) is 3.84. The summed E-state index contributed by atoms with van der Waals surface area (Å²) in [6.07, 6.45) is 5.42. The van der Waals surface area contributed by atoms with Crippen molar-refractivity contribution in [1.82, 2.24) is 20.2 Å². The zero-order valence-corrected chi connectivity index (χ0v) is 14.6. The maximum atomic E-state index is 12.0. The lowest BCUT2D eigenvalue weighted by Crippen LogP contribution is -2.43. The molecule has 0 radical (unpaired) electrons. The van der Waals surface area contributed by atoms with Gasteiger partial charge in [-0.1, -0.05) is 0 Å². The minimum Gasteiger partial charge on any atom is -0.444 e. The summed E-state index contributed by atoms with van der Waals surface area (Å²) in [4.78, 5) is 22.4. The second kappa shape index (κ2) is 7.73. The number of hydrogen-bond donors (Lipinski definition) is 1. The Morgan fingerprint density at radius 3 is 2.57 bits per heavy atom. The maximum Gasteiger partial charge on any atom is 0.410 e. The first kappa shape index (κ1) is 17.7. The van der Waals surface area contributed by atoms with Crippen molar-refractivity contribution in [3.05, 3.63) is 23.8 Å². The molecular weight excluding hydrogens is 292 g/mol. The van der Waals surface area contributed by atoms with Crippen LogP contribution in [0, 0.1) is 12.8 Å². The summed E-state index contributed by atoms with van der Waals surface area (Å²) in [6, 6.07) is 0. The minimum atomic E-state index is -0.426. The van der Waals surface area contributed by atoms with Crippen molar-refractivity contribution in [1.29, 1.82) is 0 Å². The van der Waals surface area contributed by atoms with Gasteiger partial charge in [-0.3, -0.25) is 9.97 Å². The van der Waals surface area contributed by atoms with E-state index >= 15 is 0 Å². The summed E-state index contributed by atoms with van der Waals surface area (Å²) in [5.41, 5.74) is 1.47. The van der Waals surface area contributed by atoms with E-state index in [2.05, 4.69) is 15.3 Å². The van der Waals surface area contributed by atoms with Gasteiger partial charge in [0.15, 0.2) is 0 Å². The summed E-state index contributed by atoms with van der Waals surface area (Å²) < 4.78 is 5.42. The van der Waals surface area contributed by atoms with Gasteiger partial charge in [0.25, 0.3) is 0 Å². The van der Waals surface area contributed by atoms with Crippen molar-refractivity contribution in [3.63, 3.8) is 0 Å². The molecule has 6 heteroatoms.